The van der Waals surface area contributed by atoms with E-state index in [1.807, 2.05) is 36.2 Å². The van der Waals surface area contributed by atoms with Gasteiger partial charge in [-0.15, -0.1) is 11.3 Å². The lowest BCUT2D eigenvalue weighted by molar-refractivity contribution is -0.127. The van der Waals surface area contributed by atoms with Gasteiger partial charge in [0.25, 0.3) is 0 Å². The van der Waals surface area contributed by atoms with Crippen molar-refractivity contribution in [1.82, 2.24) is 20.0 Å². The molecule has 2 aliphatic heterocycles. The Morgan fingerprint density at radius 1 is 1.52 bits per heavy atom. The maximum atomic E-state index is 12.7. The Bertz CT molecular complexity index is 742. The lowest BCUT2D eigenvalue weighted by Crippen LogP contribution is -2.37. The molecule has 6 nitrogen and oxygen atoms in total. The number of fused-ring (bicyclic) bond motifs is 1. The number of carbonyl (C=O) groups excluding carboxylic acids is 1. The fourth-order valence-corrected chi connectivity index (χ4v) is 4.67. The molecule has 2 saturated heterocycles. The number of aromatic nitrogens is 2. The van der Waals surface area contributed by atoms with E-state index in [0.29, 0.717) is 12.6 Å². The third-order valence-electron chi connectivity index (χ3n) is 5.24. The molecule has 1 N–H and O–H groups in total. The minimum Gasteiger partial charge on any atom is -0.376 e. The summed E-state index contributed by atoms with van der Waals surface area (Å²) in [6.07, 6.45) is 3.09. The molecule has 0 aliphatic carbocycles. The molecule has 0 aromatic carbocycles. The molecule has 2 aromatic rings. The van der Waals surface area contributed by atoms with E-state index in [2.05, 4.69) is 21.5 Å². The highest BCUT2D eigenvalue weighted by atomic mass is 32.1. The SMILES string of the molecule is Cc1nn(C)cc1CN1C[C@H](C(=O)NCc2cccs2)[C@H]2OCC[C@H]21. The van der Waals surface area contributed by atoms with E-state index in [-0.39, 0.29) is 17.9 Å². The number of rotatable bonds is 5. The Morgan fingerprint density at radius 2 is 2.40 bits per heavy atom. The highest BCUT2D eigenvalue weighted by Crippen LogP contribution is 2.35. The zero-order chi connectivity index (χ0) is 17.4. The molecule has 1 amide bonds. The minimum atomic E-state index is -0.0931. The second kappa shape index (κ2) is 6.90. The molecule has 2 aliphatic rings. The van der Waals surface area contributed by atoms with Crippen LogP contribution in [0.5, 0.6) is 0 Å². The van der Waals surface area contributed by atoms with Crippen LogP contribution in [-0.4, -0.2) is 45.9 Å². The Labute approximate surface area is 151 Å². The van der Waals surface area contributed by atoms with E-state index in [4.69, 9.17) is 4.74 Å². The van der Waals surface area contributed by atoms with Crippen LogP contribution in [0.15, 0.2) is 23.7 Å². The fourth-order valence-electron chi connectivity index (χ4n) is 4.02. The van der Waals surface area contributed by atoms with E-state index in [1.54, 1.807) is 11.3 Å². The van der Waals surface area contributed by atoms with E-state index >= 15 is 0 Å². The summed E-state index contributed by atoms with van der Waals surface area (Å²) in [5, 5.41) is 9.55. The molecule has 0 unspecified atom stereocenters. The summed E-state index contributed by atoms with van der Waals surface area (Å²) in [4.78, 5) is 16.3. The van der Waals surface area contributed by atoms with Crippen molar-refractivity contribution in [2.75, 3.05) is 13.2 Å². The quantitative estimate of drug-likeness (QED) is 0.882. The number of thiophene rings is 1. The average Bonchev–Trinajstić information content (AvgIpc) is 3.33. The second-order valence-electron chi connectivity index (χ2n) is 6.94. The maximum absolute atomic E-state index is 12.7. The van der Waals surface area contributed by atoms with Crippen LogP contribution in [0, 0.1) is 12.8 Å². The van der Waals surface area contributed by atoms with Gasteiger partial charge in [0.15, 0.2) is 0 Å². The van der Waals surface area contributed by atoms with Crippen LogP contribution in [0.4, 0.5) is 0 Å². The largest absolute Gasteiger partial charge is 0.376 e. The molecule has 0 saturated carbocycles. The van der Waals surface area contributed by atoms with Crippen molar-refractivity contribution in [1.29, 1.82) is 0 Å². The van der Waals surface area contributed by atoms with Gasteiger partial charge in [-0.05, 0) is 24.8 Å². The van der Waals surface area contributed by atoms with Gasteiger partial charge in [0.05, 0.1) is 24.3 Å². The van der Waals surface area contributed by atoms with Crippen LogP contribution >= 0.6 is 11.3 Å². The molecule has 0 spiro atoms. The molecule has 2 aromatic heterocycles. The van der Waals surface area contributed by atoms with Gasteiger partial charge in [-0.25, -0.2) is 0 Å². The Kier molecular flexibility index (Phi) is 4.62. The summed E-state index contributed by atoms with van der Waals surface area (Å²) in [5.41, 5.74) is 2.29. The summed E-state index contributed by atoms with van der Waals surface area (Å²) < 4.78 is 7.79. The van der Waals surface area contributed by atoms with E-state index < -0.39 is 0 Å². The number of aryl methyl sites for hydroxylation is 2. The van der Waals surface area contributed by atoms with Crippen LogP contribution in [0.3, 0.4) is 0 Å². The van der Waals surface area contributed by atoms with E-state index in [0.717, 1.165) is 31.8 Å². The smallest absolute Gasteiger partial charge is 0.227 e. The van der Waals surface area contributed by atoms with Crippen molar-refractivity contribution < 1.29 is 9.53 Å². The normalized spacial score (nSPS) is 26.1. The zero-order valence-electron chi connectivity index (χ0n) is 14.6. The molecule has 0 bridgehead atoms. The first-order chi connectivity index (χ1) is 12.1. The average molecular weight is 360 g/mol. The number of hydrogen-bond acceptors (Lipinski definition) is 5. The molecule has 134 valence electrons. The second-order valence-corrected chi connectivity index (χ2v) is 7.97. The summed E-state index contributed by atoms with van der Waals surface area (Å²) in [6.45, 7) is 4.97. The first-order valence-corrected chi connectivity index (χ1v) is 9.64. The lowest BCUT2D eigenvalue weighted by atomic mass is 10.0. The van der Waals surface area contributed by atoms with Crippen molar-refractivity contribution in [2.45, 2.75) is 38.6 Å². The van der Waals surface area contributed by atoms with Gasteiger partial charge in [0, 0.05) is 49.4 Å². The highest BCUT2D eigenvalue weighted by molar-refractivity contribution is 7.09. The van der Waals surface area contributed by atoms with Gasteiger partial charge in [-0.2, -0.15) is 5.10 Å². The van der Waals surface area contributed by atoms with Crippen molar-refractivity contribution in [3.8, 4) is 0 Å². The third kappa shape index (κ3) is 3.36. The number of carbonyl (C=O) groups is 1. The summed E-state index contributed by atoms with van der Waals surface area (Å²) in [7, 11) is 1.95. The monoisotopic (exact) mass is 360 g/mol. The number of ether oxygens (including phenoxy) is 1. The highest BCUT2D eigenvalue weighted by Gasteiger charge is 2.48. The number of nitrogens with zero attached hydrogens (tertiary/aromatic N) is 3. The van der Waals surface area contributed by atoms with Gasteiger partial charge in [-0.3, -0.25) is 14.4 Å². The van der Waals surface area contributed by atoms with Gasteiger partial charge in [0.1, 0.15) is 0 Å². The van der Waals surface area contributed by atoms with Crippen LogP contribution in [0.2, 0.25) is 0 Å². The molecular weight excluding hydrogens is 336 g/mol. The third-order valence-corrected chi connectivity index (χ3v) is 6.12. The maximum Gasteiger partial charge on any atom is 0.227 e. The van der Waals surface area contributed by atoms with E-state index in [9.17, 15) is 4.79 Å². The Hall–Kier alpha value is -1.70. The molecule has 0 radical (unpaired) electrons. The van der Waals surface area contributed by atoms with Gasteiger partial charge < -0.3 is 10.1 Å². The van der Waals surface area contributed by atoms with Crippen molar-refractivity contribution in [3.05, 3.63) is 39.8 Å². The lowest BCUT2D eigenvalue weighted by Gasteiger charge is -2.21. The molecule has 4 rings (SSSR count). The predicted molar refractivity (Wildman–Crippen MR) is 96.2 cm³/mol. The number of nitrogens with one attached hydrogen (secondary N) is 1. The molecule has 4 heterocycles. The Morgan fingerprint density at radius 3 is 3.12 bits per heavy atom. The summed E-state index contributed by atoms with van der Waals surface area (Å²) in [6, 6.07) is 4.39. The van der Waals surface area contributed by atoms with Crippen molar-refractivity contribution in [2.24, 2.45) is 13.0 Å². The first-order valence-electron chi connectivity index (χ1n) is 8.76. The van der Waals surface area contributed by atoms with Gasteiger partial charge in [0.2, 0.25) is 5.91 Å². The number of likely N-dealkylation sites (tertiary alicyclic amines) is 1. The summed E-state index contributed by atoms with van der Waals surface area (Å²) in [5.74, 6) is 0.0140. The molecule has 2 fully saturated rings. The Balaban J connectivity index is 1.43. The van der Waals surface area contributed by atoms with Crippen LogP contribution in [0.1, 0.15) is 22.6 Å². The van der Waals surface area contributed by atoms with Gasteiger partial charge >= 0.3 is 0 Å². The molecular formula is C18H24N4O2S. The number of amides is 1. The van der Waals surface area contributed by atoms with Crippen LogP contribution in [-0.2, 0) is 29.7 Å². The zero-order valence-corrected chi connectivity index (χ0v) is 15.5. The first kappa shape index (κ1) is 16.8. The van der Waals surface area contributed by atoms with Crippen molar-refractivity contribution in [3.63, 3.8) is 0 Å². The van der Waals surface area contributed by atoms with E-state index in [1.165, 1.54) is 10.4 Å². The standard InChI is InChI=1S/C18H24N4O2S/c1-12-13(9-21(2)20-12)10-22-11-15(17-16(22)5-6-24-17)18(23)19-8-14-4-3-7-25-14/h3-4,7,9,15-17H,5-6,8,10-11H2,1-2H3,(H,19,23)/t15-,16+,17+/m0/s1. The van der Waals surface area contributed by atoms with Gasteiger partial charge in [-0.1, -0.05) is 6.07 Å². The molecule has 7 heteroatoms. The number of hydrogen-bond donors (Lipinski definition) is 1. The van der Waals surface area contributed by atoms with Crippen LogP contribution < -0.4 is 5.32 Å². The summed E-state index contributed by atoms with van der Waals surface area (Å²) >= 11 is 1.67. The predicted octanol–water partition coefficient (Wildman–Crippen LogP) is 1.70. The molecule has 25 heavy (non-hydrogen) atoms. The molecule has 3 atom stereocenters. The topological polar surface area (TPSA) is 59.4 Å². The van der Waals surface area contributed by atoms with Crippen molar-refractivity contribution >= 4 is 17.2 Å². The fraction of sp³-hybridized carbons (Fsp3) is 0.556. The minimum absolute atomic E-state index is 0.0142. The van der Waals surface area contributed by atoms with Crippen LogP contribution in [0.25, 0.3) is 0 Å².